The molecule has 0 radical (unpaired) electrons. The van der Waals surface area contributed by atoms with E-state index in [9.17, 15) is 0 Å². The summed E-state index contributed by atoms with van der Waals surface area (Å²) in [5.74, 6) is 0.970. The van der Waals surface area contributed by atoms with Crippen molar-refractivity contribution in [2.75, 3.05) is 19.8 Å². The number of hydrogen-bond donors (Lipinski definition) is 0. The molecule has 0 amide bonds. The minimum Gasteiger partial charge on any atom is -0.493 e. The smallest absolute Gasteiger partial charge is 0.119 e. The highest BCUT2D eigenvalue weighted by atomic mass is 16.5. The Morgan fingerprint density at radius 1 is 1.30 bits per heavy atom. The van der Waals surface area contributed by atoms with E-state index in [0.29, 0.717) is 0 Å². The van der Waals surface area contributed by atoms with Crippen LogP contribution in [-0.2, 0) is 4.74 Å². The highest BCUT2D eigenvalue weighted by molar-refractivity contribution is 5.69. The molecular formula is C18H22O2. The van der Waals surface area contributed by atoms with Gasteiger partial charge in [0.25, 0.3) is 0 Å². The lowest BCUT2D eigenvalue weighted by Crippen LogP contribution is -2.46. The molecule has 1 heterocycles. The lowest BCUT2D eigenvalue weighted by molar-refractivity contribution is -0.133. The zero-order valence-electron chi connectivity index (χ0n) is 12.1. The van der Waals surface area contributed by atoms with Crippen LogP contribution in [0.2, 0.25) is 0 Å². The molecule has 1 fully saturated rings. The van der Waals surface area contributed by atoms with Crippen molar-refractivity contribution in [1.29, 1.82) is 0 Å². The van der Waals surface area contributed by atoms with Gasteiger partial charge in [0.05, 0.1) is 25.2 Å². The van der Waals surface area contributed by atoms with Crippen LogP contribution < -0.4 is 4.74 Å². The largest absolute Gasteiger partial charge is 0.493 e. The standard InChI is InChI=1S/C18H22O2/c1-2-18(12-19-13-18)14-20-17-10-6-9-16(11-17)15-7-4-3-5-8-15/h3-4,6-7,9-11H,2,5,8,12-14H2,1H3. The van der Waals surface area contributed by atoms with Gasteiger partial charge in [-0.05, 0) is 42.5 Å². The topological polar surface area (TPSA) is 18.5 Å². The third kappa shape index (κ3) is 2.80. The molecule has 2 heteroatoms. The summed E-state index contributed by atoms with van der Waals surface area (Å²) in [5.41, 5.74) is 2.92. The monoisotopic (exact) mass is 270 g/mol. The fourth-order valence-electron chi connectivity index (χ4n) is 2.65. The van der Waals surface area contributed by atoms with Crippen molar-refractivity contribution in [1.82, 2.24) is 0 Å². The first-order valence-electron chi connectivity index (χ1n) is 7.48. The maximum absolute atomic E-state index is 6.01. The van der Waals surface area contributed by atoms with E-state index in [1.165, 1.54) is 11.1 Å². The summed E-state index contributed by atoms with van der Waals surface area (Å²) < 4.78 is 11.4. The molecule has 1 aliphatic heterocycles. The molecule has 3 rings (SSSR count). The predicted octanol–water partition coefficient (Wildman–Crippen LogP) is 4.23. The molecule has 0 unspecified atom stereocenters. The van der Waals surface area contributed by atoms with E-state index in [1.54, 1.807) is 0 Å². The molecule has 2 aliphatic rings. The van der Waals surface area contributed by atoms with Gasteiger partial charge in [-0.3, -0.25) is 0 Å². The van der Waals surface area contributed by atoms with E-state index in [2.05, 4.69) is 43.4 Å². The molecule has 1 aromatic rings. The molecular weight excluding hydrogens is 248 g/mol. The predicted molar refractivity (Wildman–Crippen MR) is 81.8 cm³/mol. The molecule has 1 aromatic carbocycles. The van der Waals surface area contributed by atoms with Gasteiger partial charge in [-0.2, -0.15) is 0 Å². The summed E-state index contributed by atoms with van der Waals surface area (Å²) >= 11 is 0. The van der Waals surface area contributed by atoms with E-state index in [-0.39, 0.29) is 5.41 Å². The lowest BCUT2D eigenvalue weighted by Gasteiger charge is -2.40. The molecule has 0 aromatic heterocycles. The molecule has 0 bridgehead atoms. The SMILES string of the molecule is CCC1(COc2cccc(C3=CC=CCC3)c2)COC1. The van der Waals surface area contributed by atoms with Crippen molar-refractivity contribution < 1.29 is 9.47 Å². The van der Waals surface area contributed by atoms with Crippen LogP contribution in [0.25, 0.3) is 5.57 Å². The van der Waals surface area contributed by atoms with Gasteiger partial charge < -0.3 is 9.47 Å². The van der Waals surface area contributed by atoms with Crippen molar-refractivity contribution in [2.45, 2.75) is 26.2 Å². The normalized spacial score (nSPS) is 20.1. The second-order valence-electron chi connectivity index (χ2n) is 5.82. The molecule has 106 valence electrons. The molecule has 20 heavy (non-hydrogen) atoms. The lowest BCUT2D eigenvalue weighted by atomic mass is 9.84. The van der Waals surface area contributed by atoms with E-state index in [0.717, 1.165) is 44.8 Å². The van der Waals surface area contributed by atoms with Crippen molar-refractivity contribution in [2.24, 2.45) is 5.41 Å². The zero-order valence-corrected chi connectivity index (χ0v) is 12.1. The van der Waals surface area contributed by atoms with Crippen LogP contribution in [0.1, 0.15) is 31.7 Å². The van der Waals surface area contributed by atoms with Gasteiger partial charge in [-0.15, -0.1) is 0 Å². The Hall–Kier alpha value is -1.54. The van der Waals surface area contributed by atoms with Crippen molar-refractivity contribution in [3.63, 3.8) is 0 Å². The Balaban J connectivity index is 1.68. The van der Waals surface area contributed by atoms with Gasteiger partial charge in [0.1, 0.15) is 5.75 Å². The summed E-state index contributed by atoms with van der Waals surface area (Å²) in [6.07, 6.45) is 9.92. The summed E-state index contributed by atoms with van der Waals surface area (Å²) in [6, 6.07) is 8.46. The van der Waals surface area contributed by atoms with Gasteiger partial charge in [0.2, 0.25) is 0 Å². The second kappa shape index (κ2) is 5.84. The number of rotatable bonds is 5. The first kappa shape index (κ1) is 13.4. The molecule has 0 atom stereocenters. The van der Waals surface area contributed by atoms with E-state index in [4.69, 9.17) is 9.47 Å². The Morgan fingerprint density at radius 3 is 2.85 bits per heavy atom. The number of ether oxygens (including phenoxy) is 2. The van der Waals surface area contributed by atoms with Gasteiger partial charge in [-0.25, -0.2) is 0 Å². The highest BCUT2D eigenvalue weighted by Gasteiger charge is 2.37. The van der Waals surface area contributed by atoms with Crippen LogP contribution in [0.3, 0.4) is 0 Å². The average molecular weight is 270 g/mol. The first-order chi connectivity index (χ1) is 9.81. The van der Waals surface area contributed by atoms with Crippen molar-refractivity contribution in [3.05, 3.63) is 48.1 Å². The van der Waals surface area contributed by atoms with E-state index < -0.39 is 0 Å². The maximum atomic E-state index is 6.01. The molecule has 2 nitrogen and oxygen atoms in total. The molecule has 0 N–H and O–H groups in total. The zero-order chi connectivity index (χ0) is 13.8. The maximum Gasteiger partial charge on any atom is 0.119 e. The van der Waals surface area contributed by atoms with Gasteiger partial charge >= 0.3 is 0 Å². The minimum atomic E-state index is 0.239. The van der Waals surface area contributed by atoms with Crippen molar-refractivity contribution in [3.8, 4) is 5.75 Å². The Labute approximate surface area is 121 Å². The molecule has 0 spiro atoms. The summed E-state index contributed by atoms with van der Waals surface area (Å²) in [5, 5.41) is 0. The molecule has 1 aliphatic carbocycles. The fourth-order valence-corrected chi connectivity index (χ4v) is 2.65. The van der Waals surface area contributed by atoms with Crippen LogP contribution in [0.15, 0.2) is 42.5 Å². The highest BCUT2D eigenvalue weighted by Crippen LogP contribution is 2.32. The quantitative estimate of drug-likeness (QED) is 0.797. The third-order valence-electron chi connectivity index (χ3n) is 4.33. The summed E-state index contributed by atoms with van der Waals surface area (Å²) in [7, 11) is 0. The van der Waals surface area contributed by atoms with Gasteiger partial charge in [0.15, 0.2) is 0 Å². The first-order valence-corrected chi connectivity index (χ1v) is 7.48. The Morgan fingerprint density at radius 2 is 2.20 bits per heavy atom. The number of allylic oxidation sites excluding steroid dienone is 4. The van der Waals surface area contributed by atoms with E-state index >= 15 is 0 Å². The second-order valence-corrected chi connectivity index (χ2v) is 5.82. The summed E-state index contributed by atoms with van der Waals surface area (Å²) in [6.45, 7) is 4.63. The molecule has 1 saturated heterocycles. The van der Waals surface area contributed by atoms with E-state index in [1.807, 2.05) is 6.07 Å². The third-order valence-corrected chi connectivity index (χ3v) is 4.33. The van der Waals surface area contributed by atoms with Crippen LogP contribution in [0.5, 0.6) is 5.75 Å². The minimum absolute atomic E-state index is 0.239. The van der Waals surface area contributed by atoms with Crippen LogP contribution in [-0.4, -0.2) is 19.8 Å². The Bertz CT molecular complexity index is 518. The fraction of sp³-hybridized carbons (Fsp3) is 0.444. The van der Waals surface area contributed by atoms with Crippen molar-refractivity contribution >= 4 is 5.57 Å². The number of benzene rings is 1. The van der Waals surface area contributed by atoms with Gasteiger partial charge in [0, 0.05) is 0 Å². The Kier molecular flexibility index (Phi) is 3.93. The van der Waals surface area contributed by atoms with Crippen LogP contribution in [0, 0.1) is 5.41 Å². The average Bonchev–Trinajstić information content (AvgIpc) is 2.48. The summed E-state index contributed by atoms with van der Waals surface area (Å²) in [4.78, 5) is 0. The van der Waals surface area contributed by atoms with Crippen LogP contribution in [0.4, 0.5) is 0 Å². The van der Waals surface area contributed by atoms with Crippen LogP contribution >= 0.6 is 0 Å². The molecule has 0 saturated carbocycles. The van der Waals surface area contributed by atoms with Gasteiger partial charge in [-0.1, -0.05) is 37.3 Å². The number of hydrogen-bond acceptors (Lipinski definition) is 2.